The van der Waals surface area contributed by atoms with E-state index in [1.165, 1.54) is 0 Å². The van der Waals surface area contributed by atoms with Crippen molar-refractivity contribution in [3.63, 3.8) is 0 Å². The van der Waals surface area contributed by atoms with Crippen molar-refractivity contribution < 1.29 is 9.53 Å². The van der Waals surface area contributed by atoms with E-state index in [0.29, 0.717) is 6.61 Å². The first kappa shape index (κ1) is 16.5. The molecule has 0 saturated carbocycles. The summed E-state index contributed by atoms with van der Waals surface area (Å²) in [6.07, 6.45) is 2.88. The number of carbonyl (C=O) groups excluding carboxylic acids is 1. The van der Waals surface area contributed by atoms with Gasteiger partial charge in [-0.25, -0.2) is 0 Å². The molecule has 0 radical (unpaired) electrons. The summed E-state index contributed by atoms with van der Waals surface area (Å²) < 4.78 is 4.94. The van der Waals surface area contributed by atoms with Crippen LogP contribution in [0.5, 0.6) is 0 Å². The molecule has 0 aromatic carbocycles. The smallest absolute Gasteiger partial charge is 0.323 e. The van der Waals surface area contributed by atoms with Crippen molar-refractivity contribution in [2.45, 2.75) is 26.3 Å². The predicted molar refractivity (Wildman–Crippen MR) is 64.3 cm³/mol. The highest BCUT2D eigenvalue weighted by Gasteiger charge is 2.17. The van der Waals surface area contributed by atoms with Gasteiger partial charge in [0.25, 0.3) is 0 Å². The van der Waals surface area contributed by atoms with Crippen LogP contribution < -0.4 is 5.32 Å². The highest BCUT2D eigenvalue weighted by atomic mass is 35.5. The standard InChI is InChI=1S/C9H19NO2S.ClH/c1-4-10-8(6-7-13-3)9(11)12-5-2;/h8,10H,4-7H2,1-3H3;1H/t8-;/m0./s1. The molecule has 0 bridgehead atoms. The number of thioether (sulfide) groups is 1. The Labute approximate surface area is 96.8 Å². The summed E-state index contributed by atoms with van der Waals surface area (Å²) in [6.45, 7) is 5.08. The van der Waals surface area contributed by atoms with Crippen LogP contribution in [0.4, 0.5) is 0 Å². The summed E-state index contributed by atoms with van der Waals surface area (Å²) in [5, 5.41) is 3.11. The molecule has 0 aromatic heterocycles. The zero-order valence-corrected chi connectivity index (χ0v) is 10.7. The highest BCUT2D eigenvalue weighted by molar-refractivity contribution is 7.98. The summed E-state index contributed by atoms with van der Waals surface area (Å²) in [5.41, 5.74) is 0. The quantitative estimate of drug-likeness (QED) is 0.689. The SMILES string of the molecule is CCN[C@@H](CCSC)C(=O)OCC.Cl. The minimum absolute atomic E-state index is 0. The van der Waals surface area contributed by atoms with E-state index in [4.69, 9.17) is 4.74 Å². The minimum Gasteiger partial charge on any atom is -0.465 e. The Balaban J connectivity index is 0. The summed E-state index contributed by atoms with van der Waals surface area (Å²) in [4.78, 5) is 11.3. The maximum Gasteiger partial charge on any atom is 0.323 e. The van der Waals surface area contributed by atoms with Crippen LogP contribution in [0.2, 0.25) is 0 Å². The van der Waals surface area contributed by atoms with Gasteiger partial charge in [-0.15, -0.1) is 12.4 Å². The molecule has 5 heteroatoms. The van der Waals surface area contributed by atoms with E-state index in [1.807, 2.05) is 20.1 Å². The average Bonchev–Trinajstić information content (AvgIpc) is 2.12. The number of rotatable bonds is 7. The normalized spacial score (nSPS) is 11.6. The largest absolute Gasteiger partial charge is 0.465 e. The second kappa shape index (κ2) is 11.1. The minimum atomic E-state index is -0.127. The number of nitrogens with one attached hydrogen (secondary N) is 1. The van der Waals surface area contributed by atoms with Crippen LogP contribution >= 0.6 is 24.2 Å². The maximum absolute atomic E-state index is 11.3. The van der Waals surface area contributed by atoms with Crippen molar-refractivity contribution in [1.29, 1.82) is 0 Å². The Morgan fingerprint density at radius 1 is 1.50 bits per heavy atom. The molecule has 0 fully saturated rings. The van der Waals surface area contributed by atoms with Gasteiger partial charge < -0.3 is 10.1 Å². The lowest BCUT2D eigenvalue weighted by molar-refractivity contribution is -0.145. The van der Waals surface area contributed by atoms with Crippen molar-refractivity contribution in [2.24, 2.45) is 0 Å². The molecule has 0 heterocycles. The van der Waals surface area contributed by atoms with E-state index in [-0.39, 0.29) is 24.4 Å². The van der Waals surface area contributed by atoms with Gasteiger partial charge in [-0.3, -0.25) is 4.79 Å². The third-order valence-corrected chi connectivity index (χ3v) is 2.28. The second-order valence-corrected chi connectivity index (χ2v) is 3.63. The molecule has 0 amide bonds. The van der Waals surface area contributed by atoms with E-state index in [2.05, 4.69) is 5.32 Å². The Kier molecular flexibility index (Phi) is 13.1. The molecule has 0 unspecified atom stereocenters. The van der Waals surface area contributed by atoms with Gasteiger partial charge in [0, 0.05) is 0 Å². The summed E-state index contributed by atoms with van der Waals surface area (Å²) in [5.74, 6) is 0.856. The van der Waals surface area contributed by atoms with Gasteiger partial charge in [0.1, 0.15) is 6.04 Å². The van der Waals surface area contributed by atoms with Gasteiger partial charge in [0.05, 0.1) is 6.61 Å². The van der Waals surface area contributed by atoms with Crippen molar-refractivity contribution in [3.05, 3.63) is 0 Å². The summed E-state index contributed by atoms with van der Waals surface area (Å²) >= 11 is 1.74. The molecule has 0 spiro atoms. The lowest BCUT2D eigenvalue weighted by Crippen LogP contribution is -2.38. The Bertz CT molecular complexity index is 147. The lowest BCUT2D eigenvalue weighted by Gasteiger charge is -2.15. The summed E-state index contributed by atoms with van der Waals surface area (Å²) in [7, 11) is 0. The number of hydrogen-bond acceptors (Lipinski definition) is 4. The first-order chi connectivity index (χ1) is 6.26. The van der Waals surface area contributed by atoms with Crippen LogP contribution in [0.1, 0.15) is 20.3 Å². The van der Waals surface area contributed by atoms with Crippen LogP contribution in [0.25, 0.3) is 0 Å². The molecule has 0 aliphatic carbocycles. The molecule has 0 rings (SSSR count). The van der Waals surface area contributed by atoms with Crippen LogP contribution in [0.15, 0.2) is 0 Å². The van der Waals surface area contributed by atoms with E-state index < -0.39 is 0 Å². The lowest BCUT2D eigenvalue weighted by atomic mass is 10.2. The first-order valence-corrected chi connectivity index (χ1v) is 6.04. The van der Waals surface area contributed by atoms with E-state index in [0.717, 1.165) is 18.7 Å². The van der Waals surface area contributed by atoms with Crippen molar-refractivity contribution >= 4 is 30.1 Å². The van der Waals surface area contributed by atoms with Crippen molar-refractivity contribution in [3.8, 4) is 0 Å². The van der Waals surface area contributed by atoms with Crippen molar-refractivity contribution in [1.82, 2.24) is 5.32 Å². The third kappa shape index (κ3) is 7.47. The molecule has 0 aromatic rings. The predicted octanol–water partition coefficient (Wildman–Crippen LogP) is 1.70. The van der Waals surface area contributed by atoms with Gasteiger partial charge in [-0.05, 0) is 31.9 Å². The van der Waals surface area contributed by atoms with Crippen LogP contribution in [0.3, 0.4) is 0 Å². The zero-order valence-electron chi connectivity index (χ0n) is 9.04. The summed E-state index contributed by atoms with van der Waals surface area (Å²) in [6, 6.07) is -0.127. The van der Waals surface area contributed by atoms with Gasteiger partial charge >= 0.3 is 5.97 Å². The zero-order chi connectivity index (χ0) is 10.1. The fourth-order valence-corrected chi connectivity index (χ4v) is 1.50. The Morgan fingerprint density at radius 2 is 2.14 bits per heavy atom. The number of likely N-dealkylation sites (N-methyl/N-ethyl adjacent to an activating group) is 1. The van der Waals surface area contributed by atoms with Gasteiger partial charge in [-0.2, -0.15) is 11.8 Å². The fraction of sp³-hybridized carbons (Fsp3) is 0.889. The van der Waals surface area contributed by atoms with Crippen LogP contribution in [0, 0.1) is 0 Å². The monoisotopic (exact) mass is 241 g/mol. The molecule has 14 heavy (non-hydrogen) atoms. The number of ether oxygens (including phenoxy) is 1. The number of hydrogen-bond donors (Lipinski definition) is 1. The van der Waals surface area contributed by atoms with E-state index in [9.17, 15) is 4.79 Å². The average molecular weight is 242 g/mol. The number of halogens is 1. The van der Waals surface area contributed by atoms with Gasteiger partial charge in [-0.1, -0.05) is 6.92 Å². The first-order valence-electron chi connectivity index (χ1n) is 4.65. The van der Waals surface area contributed by atoms with Gasteiger partial charge in [0.2, 0.25) is 0 Å². The maximum atomic E-state index is 11.3. The van der Waals surface area contributed by atoms with E-state index >= 15 is 0 Å². The second-order valence-electron chi connectivity index (χ2n) is 2.64. The third-order valence-electron chi connectivity index (χ3n) is 1.63. The molecular weight excluding hydrogens is 222 g/mol. The van der Waals surface area contributed by atoms with E-state index in [1.54, 1.807) is 11.8 Å². The molecular formula is C9H20ClNO2S. The Hall–Kier alpha value is 0.0700. The Morgan fingerprint density at radius 3 is 2.57 bits per heavy atom. The fourth-order valence-electron chi connectivity index (χ4n) is 1.03. The highest BCUT2D eigenvalue weighted by Crippen LogP contribution is 2.02. The molecule has 1 atom stereocenters. The van der Waals surface area contributed by atoms with Crippen molar-refractivity contribution in [2.75, 3.05) is 25.2 Å². The molecule has 0 aliphatic rings. The molecule has 86 valence electrons. The number of carbonyl (C=O) groups is 1. The molecule has 0 saturated heterocycles. The topological polar surface area (TPSA) is 38.3 Å². The number of esters is 1. The molecule has 1 N–H and O–H groups in total. The van der Waals surface area contributed by atoms with Gasteiger partial charge in [0.15, 0.2) is 0 Å². The van der Waals surface area contributed by atoms with Crippen LogP contribution in [-0.2, 0) is 9.53 Å². The molecule has 0 aliphatic heterocycles. The molecule has 3 nitrogen and oxygen atoms in total. The van der Waals surface area contributed by atoms with Crippen LogP contribution in [-0.4, -0.2) is 37.2 Å².